The molecule has 0 spiro atoms. The Kier molecular flexibility index (Phi) is 7.29. The van der Waals surface area contributed by atoms with Gasteiger partial charge in [0, 0.05) is 39.4 Å². The summed E-state index contributed by atoms with van der Waals surface area (Å²) in [4.78, 5) is 11.0. The van der Waals surface area contributed by atoms with Crippen molar-refractivity contribution in [3.63, 3.8) is 0 Å². The van der Waals surface area contributed by atoms with Crippen LogP contribution in [-0.4, -0.2) is 61.8 Å². The van der Waals surface area contributed by atoms with Crippen LogP contribution < -0.4 is 10.6 Å². The molecule has 2 heterocycles. The van der Waals surface area contributed by atoms with Gasteiger partial charge in [-0.2, -0.15) is 0 Å². The molecule has 0 amide bonds. The van der Waals surface area contributed by atoms with E-state index in [0.29, 0.717) is 12.5 Å². The molecule has 6 nitrogen and oxygen atoms in total. The predicted molar refractivity (Wildman–Crippen MR) is 93.5 cm³/mol. The van der Waals surface area contributed by atoms with Gasteiger partial charge >= 0.3 is 0 Å². The highest BCUT2D eigenvalue weighted by Crippen LogP contribution is 2.07. The standard InChI is InChI=1S/C17H29N5O/c1-14(2)12-22-8-9-23-16(13-22)11-21-17(18-3)20-10-15-6-4-5-7-19-15/h4-7,14,16H,8-13H2,1-3H3,(H2,18,20,21). The Labute approximate surface area is 139 Å². The maximum absolute atomic E-state index is 5.85. The van der Waals surface area contributed by atoms with Crippen molar-refractivity contribution in [3.05, 3.63) is 30.1 Å². The van der Waals surface area contributed by atoms with Crippen LogP contribution >= 0.6 is 0 Å². The van der Waals surface area contributed by atoms with Crippen molar-refractivity contribution < 1.29 is 4.74 Å². The van der Waals surface area contributed by atoms with Crippen molar-refractivity contribution in [2.45, 2.75) is 26.5 Å². The highest BCUT2D eigenvalue weighted by atomic mass is 16.5. The van der Waals surface area contributed by atoms with E-state index in [1.807, 2.05) is 18.2 Å². The van der Waals surface area contributed by atoms with Crippen LogP contribution in [0, 0.1) is 5.92 Å². The van der Waals surface area contributed by atoms with E-state index in [9.17, 15) is 0 Å². The zero-order valence-corrected chi connectivity index (χ0v) is 14.5. The van der Waals surface area contributed by atoms with E-state index >= 15 is 0 Å². The number of guanidine groups is 1. The molecule has 1 saturated heterocycles. The quantitative estimate of drug-likeness (QED) is 0.607. The topological polar surface area (TPSA) is 61.8 Å². The van der Waals surface area contributed by atoms with Gasteiger partial charge in [-0.15, -0.1) is 0 Å². The summed E-state index contributed by atoms with van der Waals surface area (Å²) in [5, 5.41) is 6.62. The average molecular weight is 319 g/mol. The molecule has 1 fully saturated rings. The van der Waals surface area contributed by atoms with Crippen molar-refractivity contribution in [3.8, 4) is 0 Å². The van der Waals surface area contributed by atoms with Crippen LogP contribution in [0.25, 0.3) is 0 Å². The number of aromatic nitrogens is 1. The fourth-order valence-corrected chi connectivity index (χ4v) is 2.69. The first kappa shape index (κ1) is 17.7. The second kappa shape index (κ2) is 9.47. The number of hydrogen-bond acceptors (Lipinski definition) is 4. The van der Waals surface area contributed by atoms with E-state index in [1.165, 1.54) is 0 Å². The Morgan fingerprint density at radius 1 is 1.43 bits per heavy atom. The molecule has 2 N–H and O–H groups in total. The van der Waals surface area contributed by atoms with Gasteiger partial charge in [-0.3, -0.25) is 14.9 Å². The van der Waals surface area contributed by atoms with Crippen LogP contribution in [0.2, 0.25) is 0 Å². The summed E-state index contributed by atoms with van der Waals surface area (Å²) in [6.07, 6.45) is 2.00. The van der Waals surface area contributed by atoms with E-state index in [1.54, 1.807) is 13.2 Å². The molecule has 0 saturated carbocycles. The van der Waals surface area contributed by atoms with Crippen LogP contribution in [0.3, 0.4) is 0 Å². The molecule has 0 radical (unpaired) electrons. The third kappa shape index (κ3) is 6.54. The van der Waals surface area contributed by atoms with Crippen LogP contribution in [-0.2, 0) is 11.3 Å². The maximum Gasteiger partial charge on any atom is 0.191 e. The summed E-state index contributed by atoms with van der Waals surface area (Å²) in [7, 11) is 1.78. The number of morpholine rings is 1. The van der Waals surface area contributed by atoms with Gasteiger partial charge in [0.15, 0.2) is 5.96 Å². The second-order valence-corrected chi connectivity index (χ2v) is 6.27. The number of ether oxygens (including phenoxy) is 1. The summed E-state index contributed by atoms with van der Waals surface area (Å²) < 4.78 is 5.85. The van der Waals surface area contributed by atoms with Crippen LogP contribution in [0.15, 0.2) is 29.4 Å². The van der Waals surface area contributed by atoms with Crippen LogP contribution in [0.4, 0.5) is 0 Å². The molecule has 1 aliphatic rings. The van der Waals surface area contributed by atoms with Crippen molar-refractivity contribution in [2.75, 3.05) is 39.8 Å². The van der Waals surface area contributed by atoms with Crippen LogP contribution in [0.1, 0.15) is 19.5 Å². The molecule has 0 aliphatic carbocycles. The first-order valence-electron chi connectivity index (χ1n) is 8.35. The highest BCUT2D eigenvalue weighted by molar-refractivity contribution is 5.79. The molecule has 1 atom stereocenters. The lowest BCUT2D eigenvalue weighted by molar-refractivity contribution is -0.0284. The summed E-state index contributed by atoms with van der Waals surface area (Å²) in [6.45, 7) is 9.87. The number of pyridine rings is 1. The largest absolute Gasteiger partial charge is 0.374 e. The molecule has 6 heteroatoms. The third-order valence-electron chi connectivity index (χ3n) is 3.73. The fourth-order valence-electron chi connectivity index (χ4n) is 2.69. The van der Waals surface area contributed by atoms with Crippen molar-refractivity contribution in [1.29, 1.82) is 0 Å². The molecule has 23 heavy (non-hydrogen) atoms. The first-order valence-corrected chi connectivity index (χ1v) is 8.35. The molecule has 1 aromatic rings. The van der Waals surface area contributed by atoms with Gasteiger partial charge in [0.05, 0.1) is 24.9 Å². The first-order chi connectivity index (χ1) is 11.2. The zero-order valence-electron chi connectivity index (χ0n) is 14.5. The SMILES string of the molecule is CN=C(NCc1ccccn1)NCC1CN(CC(C)C)CCO1. The molecule has 1 unspecified atom stereocenters. The Morgan fingerprint density at radius 2 is 2.30 bits per heavy atom. The van der Waals surface area contributed by atoms with Crippen molar-refractivity contribution >= 4 is 5.96 Å². The lowest BCUT2D eigenvalue weighted by atomic mass is 10.2. The number of hydrogen-bond donors (Lipinski definition) is 2. The predicted octanol–water partition coefficient (Wildman–Crippen LogP) is 1.10. The Bertz CT molecular complexity index is 477. The summed E-state index contributed by atoms with van der Waals surface area (Å²) in [5.41, 5.74) is 0.993. The number of rotatable bonds is 6. The number of aliphatic imine (C=N–C) groups is 1. The molecular weight excluding hydrogens is 290 g/mol. The van der Waals surface area contributed by atoms with Crippen molar-refractivity contribution in [2.24, 2.45) is 10.9 Å². The van der Waals surface area contributed by atoms with Gasteiger partial charge in [-0.1, -0.05) is 19.9 Å². The van der Waals surface area contributed by atoms with Gasteiger partial charge in [-0.05, 0) is 18.1 Å². The minimum atomic E-state index is 0.205. The van der Waals surface area contributed by atoms with Crippen LogP contribution in [0.5, 0.6) is 0 Å². The molecule has 0 aromatic carbocycles. The van der Waals surface area contributed by atoms with Crippen molar-refractivity contribution in [1.82, 2.24) is 20.5 Å². The van der Waals surface area contributed by atoms with Gasteiger partial charge in [0.1, 0.15) is 0 Å². The van der Waals surface area contributed by atoms with Gasteiger partial charge in [-0.25, -0.2) is 0 Å². The minimum Gasteiger partial charge on any atom is -0.374 e. The Balaban J connectivity index is 1.72. The summed E-state index contributed by atoms with van der Waals surface area (Å²) in [6, 6.07) is 5.90. The van der Waals surface area contributed by atoms with E-state index < -0.39 is 0 Å². The monoisotopic (exact) mass is 319 g/mol. The number of nitrogens with zero attached hydrogens (tertiary/aromatic N) is 3. The van der Waals surface area contributed by atoms with Gasteiger partial charge in [0.25, 0.3) is 0 Å². The molecule has 0 bridgehead atoms. The number of nitrogens with one attached hydrogen (secondary N) is 2. The Hall–Kier alpha value is -1.66. The average Bonchev–Trinajstić information content (AvgIpc) is 2.56. The summed E-state index contributed by atoms with van der Waals surface area (Å²) >= 11 is 0. The van der Waals surface area contributed by atoms with E-state index in [2.05, 4.69) is 39.4 Å². The molecule has 2 rings (SSSR count). The highest BCUT2D eigenvalue weighted by Gasteiger charge is 2.20. The molecule has 1 aliphatic heterocycles. The second-order valence-electron chi connectivity index (χ2n) is 6.27. The fraction of sp³-hybridized carbons (Fsp3) is 0.647. The normalized spacial score (nSPS) is 19.8. The smallest absolute Gasteiger partial charge is 0.191 e. The maximum atomic E-state index is 5.85. The summed E-state index contributed by atoms with van der Waals surface area (Å²) in [5.74, 6) is 1.47. The zero-order chi connectivity index (χ0) is 16.5. The molecule has 128 valence electrons. The minimum absolute atomic E-state index is 0.205. The van der Waals surface area contributed by atoms with E-state index in [-0.39, 0.29) is 6.10 Å². The van der Waals surface area contributed by atoms with Gasteiger partial charge < -0.3 is 15.4 Å². The molecular formula is C17H29N5O. The van der Waals surface area contributed by atoms with E-state index in [0.717, 1.165) is 44.4 Å². The molecule has 1 aromatic heterocycles. The third-order valence-corrected chi connectivity index (χ3v) is 3.73. The lowest BCUT2D eigenvalue weighted by Crippen LogP contribution is -2.50. The Morgan fingerprint density at radius 3 is 3.00 bits per heavy atom. The van der Waals surface area contributed by atoms with E-state index in [4.69, 9.17) is 4.74 Å². The van der Waals surface area contributed by atoms with Gasteiger partial charge in [0.2, 0.25) is 0 Å². The lowest BCUT2D eigenvalue weighted by Gasteiger charge is -2.34.